The number of aliphatic carboxylic acids is 1. The summed E-state index contributed by atoms with van der Waals surface area (Å²) in [5, 5.41) is 16.9. The zero-order valence-corrected chi connectivity index (χ0v) is 7.42. The maximum absolute atomic E-state index is 13.1. The fourth-order valence-corrected chi connectivity index (χ4v) is 1.08. The van der Waals surface area contributed by atoms with E-state index in [0.29, 0.717) is 0 Å². The van der Waals surface area contributed by atoms with Crippen LogP contribution in [0.3, 0.4) is 0 Å². The maximum Gasteiger partial charge on any atom is 0.337 e. The van der Waals surface area contributed by atoms with E-state index in [0.717, 1.165) is 12.1 Å². The van der Waals surface area contributed by atoms with Gasteiger partial charge in [-0.1, -0.05) is 11.6 Å². The summed E-state index contributed by atoms with van der Waals surface area (Å²) in [7, 11) is 0. The number of hydrogen-bond acceptors (Lipinski definition) is 2. The first-order valence-electron chi connectivity index (χ1n) is 3.49. The molecule has 1 aromatic carbocycles. The quantitative estimate of drug-likeness (QED) is 0.750. The van der Waals surface area contributed by atoms with Crippen molar-refractivity contribution in [3.63, 3.8) is 0 Å². The third-order valence-corrected chi connectivity index (χ3v) is 1.88. The molecule has 0 spiro atoms. The van der Waals surface area contributed by atoms with Crippen molar-refractivity contribution in [2.24, 2.45) is 0 Å². The Morgan fingerprint density at radius 3 is 2.50 bits per heavy atom. The molecule has 0 saturated carbocycles. The molecule has 2 N–H and O–H groups in total. The van der Waals surface area contributed by atoms with Gasteiger partial charge in [0.1, 0.15) is 5.82 Å². The lowest BCUT2D eigenvalue weighted by molar-refractivity contribution is -0.147. The molecule has 1 atom stereocenters. The number of benzene rings is 1. The highest BCUT2D eigenvalue weighted by atomic mass is 35.5. The van der Waals surface area contributed by atoms with Crippen LogP contribution in [0.2, 0.25) is 5.02 Å². The molecule has 14 heavy (non-hydrogen) atoms. The van der Waals surface area contributed by atoms with Gasteiger partial charge in [-0.3, -0.25) is 0 Å². The summed E-state index contributed by atoms with van der Waals surface area (Å²) >= 11 is 5.29. The smallest absolute Gasteiger partial charge is 0.337 e. The third kappa shape index (κ3) is 1.83. The van der Waals surface area contributed by atoms with Gasteiger partial charge >= 0.3 is 5.97 Å². The van der Waals surface area contributed by atoms with Crippen LogP contribution in [0.4, 0.5) is 8.78 Å². The van der Waals surface area contributed by atoms with Crippen LogP contribution in [0.5, 0.6) is 0 Å². The van der Waals surface area contributed by atoms with Gasteiger partial charge in [0.05, 0.1) is 10.6 Å². The van der Waals surface area contributed by atoms with Gasteiger partial charge < -0.3 is 10.2 Å². The zero-order chi connectivity index (χ0) is 10.9. The van der Waals surface area contributed by atoms with Crippen LogP contribution in [-0.4, -0.2) is 16.2 Å². The highest BCUT2D eigenvalue weighted by molar-refractivity contribution is 6.30. The van der Waals surface area contributed by atoms with Gasteiger partial charge in [-0.25, -0.2) is 13.6 Å². The predicted octanol–water partition coefficient (Wildman–Crippen LogP) is 1.74. The Morgan fingerprint density at radius 1 is 1.43 bits per heavy atom. The van der Waals surface area contributed by atoms with Gasteiger partial charge in [-0.15, -0.1) is 0 Å². The molecule has 0 aliphatic heterocycles. The lowest BCUT2D eigenvalue weighted by atomic mass is 10.1. The van der Waals surface area contributed by atoms with E-state index in [4.69, 9.17) is 21.8 Å². The summed E-state index contributed by atoms with van der Waals surface area (Å²) in [6.07, 6.45) is -2.26. The van der Waals surface area contributed by atoms with Crippen LogP contribution in [0.25, 0.3) is 0 Å². The number of halogens is 3. The van der Waals surface area contributed by atoms with Crippen LogP contribution in [-0.2, 0) is 4.79 Å². The van der Waals surface area contributed by atoms with Crippen molar-refractivity contribution in [2.45, 2.75) is 6.10 Å². The Hall–Kier alpha value is -1.20. The Morgan fingerprint density at radius 2 is 2.00 bits per heavy atom. The van der Waals surface area contributed by atoms with Crippen LogP contribution < -0.4 is 0 Å². The molecule has 1 rings (SSSR count). The van der Waals surface area contributed by atoms with E-state index >= 15 is 0 Å². The topological polar surface area (TPSA) is 57.5 Å². The van der Waals surface area contributed by atoms with Crippen molar-refractivity contribution in [1.29, 1.82) is 0 Å². The second kappa shape index (κ2) is 3.89. The Labute approximate surface area is 82.5 Å². The standard InChI is InChI=1S/C8H5ClF2O3/c9-3-1-2-4(10)5(6(3)11)7(12)8(13)14/h1-2,7,12H,(H,13,14)/t7-/m0/s1. The highest BCUT2D eigenvalue weighted by Gasteiger charge is 2.25. The molecule has 0 unspecified atom stereocenters. The molecule has 1 aromatic rings. The first-order valence-corrected chi connectivity index (χ1v) is 3.87. The van der Waals surface area contributed by atoms with Gasteiger partial charge in [0.2, 0.25) is 0 Å². The molecule has 3 nitrogen and oxygen atoms in total. The van der Waals surface area contributed by atoms with Crippen LogP contribution >= 0.6 is 11.6 Å². The number of hydrogen-bond donors (Lipinski definition) is 2. The summed E-state index contributed by atoms with van der Waals surface area (Å²) in [5.41, 5.74) is -0.954. The lowest BCUT2D eigenvalue weighted by Gasteiger charge is -2.08. The molecule has 0 radical (unpaired) electrons. The number of carbonyl (C=O) groups is 1. The number of carboxylic acids is 1. The van der Waals surface area contributed by atoms with E-state index in [1.165, 1.54) is 0 Å². The van der Waals surface area contributed by atoms with E-state index in [9.17, 15) is 13.6 Å². The molecular formula is C8H5ClF2O3. The number of aliphatic hydroxyl groups excluding tert-OH is 1. The highest BCUT2D eigenvalue weighted by Crippen LogP contribution is 2.26. The van der Waals surface area contributed by atoms with Gasteiger partial charge in [0.15, 0.2) is 11.9 Å². The van der Waals surface area contributed by atoms with Crippen LogP contribution in [0.15, 0.2) is 12.1 Å². The Bertz CT molecular complexity index is 381. The second-order valence-electron chi connectivity index (χ2n) is 2.50. The van der Waals surface area contributed by atoms with E-state index < -0.39 is 34.3 Å². The molecular weight excluding hydrogens is 218 g/mol. The molecule has 0 aromatic heterocycles. The molecule has 6 heteroatoms. The van der Waals surface area contributed by atoms with E-state index in [-0.39, 0.29) is 0 Å². The van der Waals surface area contributed by atoms with Crippen LogP contribution in [0.1, 0.15) is 11.7 Å². The first kappa shape index (κ1) is 10.9. The Kier molecular flexibility index (Phi) is 3.03. The fraction of sp³-hybridized carbons (Fsp3) is 0.125. The lowest BCUT2D eigenvalue weighted by Crippen LogP contribution is -2.14. The first-order chi connectivity index (χ1) is 6.45. The van der Waals surface area contributed by atoms with E-state index in [1.807, 2.05) is 0 Å². The van der Waals surface area contributed by atoms with Crippen molar-refractivity contribution < 1.29 is 23.8 Å². The van der Waals surface area contributed by atoms with Crippen molar-refractivity contribution in [2.75, 3.05) is 0 Å². The van der Waals surface area contributed by atoms with E-state index in [1.54, 1.807) is 0 Å². The average Bonchev–Trinajstić information content (AvgIpc) is 2.12. The summed E-state index contributed by atoms with van der Waals surface area (Å²) in [4.78, 5) is 10.3. The maximum atomic E-state index is 13.1. The predicted molar refractivity (Wildman–Crippen MR) is 44.0 cm³/mol. The summed E-state index contributed by atoms with van der Waals surface area (Å²) in [6, 6.07) is 1.72. The van der Waals surface area contributed by atoms with Gasteiger partial charge in [-0.2, -0.15) is 0 Å². The van der Waals surface area contributed by atoms with E-state index in [2.05, 4.69) is 0 Å². The minimum Gasteiger partial charge on any atom is -0.479 e. The molecule has 0 heterocycles. The number of rotatable bonds is 2. The van der Waals surface area contributed by atoms with Gasteiger partial charge in [0, 0.05) is 0 Å². The summed E-state index contributed by atoms with van der Waals surface area (Å²) in [5.74, 6) is -4.16. The number of aliphatic hydroxyl groups is 1. The molecule has 0 bridgehead atoms. The summed E-state index contributed by atoms with van der Waals surface area (Å²) < 4.78 is 26.0. The van der Waals surface area contributed by atoms with Crippen molar-refractivity contribution in [3.05, 3.63) is 34.4 Å². The minimum atomic E-state index is -2.26. The Balaban J connectivity index is 3.32. The van der Waals surface area contributed by atoms with Crippen molar-refractivity contribution in [3.8, 4) is 0 Å². The van der Waals surface area contributed by atoms with Crippen LogP contribution in [0, 0.1) is 11.6 Å². The fourth-order valence-electron chi connectivity index (χ4n) is 0.917. The zero-order valence-electron chi connectivity index (χ0n) is 6.67. The monoisotopic (exact) mass is 222 g/mol. The average molecular weight is 223 g/mol. The SMILES string of the molecule is O=C(O)[C@@H](O)c1c(F)ccc(Cl)c1F. The van der Waals surface area contributed by atoms with Gasteiger partial charge in [0.25, 0.3) is 0 Å². The second-order valence-corrected chi connectivity index (χ2v) is 2.90. The molecule has 0 fully saturated rings. The summed E-state index contributed by atoms with van der Waals surface area (Å²) in [6.45, 7) is 0. The molecule has 0 aliphatic rings. The normalized spacial score (nSPS) is 12.6. The largest absolute Gasteiger partial charge is 0.479 e. The third-order valence-electron chi connectivity index (χ3n) is 1.59. The molecule has 0 saturated heterocycles. The minimum absolute atomic E-state index is 0.443. The van der Waals surface area contributed by atoms with Gasteiger partial charge in [-0.05, 0) is 12.1 Å². The molecule has 0 amide bonds. The van der Waals surface area contributed by atoms with Crippen molar-refractivity contribution >= 4 is 17.6 Å². The van der Waals surface area contributed by atoms with Crippen molar-refractivity contribution in [1.82, 2.24) is 0 Å². The molecule has 0 aliphatic carbocycles. The molecule has 76 valence electrons. The number of carboxylic acid groups (broad SMARTS) is 1.